The van der Waals surface area contributed by atoms with Gasteiger partial charge in [-0.05, 0) is 65.2 Å². The minimum Gasteiger partial charge on any atom is -0.398 e. The number of nitrogens with two attached hydrogens (primary N) is 1. The van der Waals surface area contributed by atoms with Gasteiger partial charge in [-0.2, -0.15) is 17.9 Å². The van der Waals surface area contributed by atoms with Crippen molar-refractivity contribution < 1.29 is 13.2 Å². The highest BCUT2D eigenvalue weighted by atomic mass is 35.5. The second kappa shape index (κ2) is 7.67. The van der Waals surface area contributed by atoms with Crippen LogP contribution in [0.25, 0.3) is 5.69 Å². The minimum absolute atomic E-state index is 0. The lowest BCUT2D eigenvalue weighted by molar-refractivity contribution is -0.137. The van der Waals surface area contributed by atoms with E-state index >= 15 is 0 Å². The molecule has 10 heteroatoms. The van der Waals surface area contributed by atoms with E-state index in [-0.39, 0.29) is 12.4 Å². The number of fused-ring (bicyclic) bond motifs is 1. The fourth-order valence-electron chi connectivity index (χ4n) is 3.36. The number of anilines is 2. The molecular weight excluding hydrogens is 393 g/mol. The first kappa shape index (κ1) is 19.9. The molecule has 0 atom stereocenters. The summed E-state index contributed by atoms with van der Waals surface area (Å²) in [6.45, 7) is 1.26. The second-order valence-electron chi connectivity index (χ2n) is 6.42. The van der Waals surface area contributed by atoms with Crippen LogP contribution in [0.1, 0.15) is 23.4 Å². The largest absolute Gasteiger partial charge is 0.416 e. The highest BCUT2D eigenvalue weighted by Gasteiger charge is 2.30. The molecule has 148 valence electrons. The van der Waals surface area contributed by atoms with E-state index in [9.17, 15) is 13.2 Å². The summed E-state index contributed by atoms with van der Waals surface area (Å²) in [7, 11) is 0. The number of nitrogen functional groups attached to an aromatic ring is 1. The van der Waals surface area contributed by atoms with Crippen LogP contribution in [-0.4, -0.2) is 26.8 Å². The molecule has 2 N–H and O–H groups in total. The molecule has 0 saturated heterocycles. The Hall–Kier alpha value is -2.81. The van der Waals surface area contributed by atoms with Crippen molar-refractivity contribution in [2.45, 2.75) is 25.6 Å². The van der Waals surface area contributed by atoms with Gasteiger partial charge < -0.3 is 10.6 Å². The van der Waals surface area contributed by atoms with Gasteiger partial charge in [0.1, 0.15) is 0 Å². The van der Waals surface area contributed by atoms with E-state index in [1.54, 1.807) is 0 Å². The van der Waals surface area contributed by atoms with Crippen LogP contribution in [0.3, 0.4) is 0 Å². The zero-order valence-corrected chi connectivity index (χ0v) is 15.5. The van der Waals surface area contributed by atoms with E-state index in [1.165, 1.54) is 16.8 Å². The first-order chi connectivity index (χ1) is 12.9. The van der Waals surface area contributed by atoms with Crippen molar-refractivity contribution in [1.82, 2.24) is 20.2 Å². The van der Waals surface area contributed by atoms with E-state index in [4.69, 9.17) is 5.73 Å². The van der Waals surface area contributed by atoms with Gasteiger partial charge in [0.05, 0.1) is 17.8 Å². The van der Waals surface area contributed by atoms with E-state index in [1.807, 2.05) is 18.2 Å². The van der Waals surface area contributed by atoms with Gasteiger partial charge in [-0.25, -0.2) is 0 Å². The number of nitrogens with zero attached hydrogens (tertiary/aromatic N) is 5. The fourth-order valence-corrected chi connectivity index (χ4v) is 3.36. The number of hydrogen-bond donors (Lipinski definition) is 1. The third kappa shape index (κ3) is 3.75. The Morgan fingerprint density at radius 3 is 2.54 bits per heavy atom. The summed E-state index contributed by atoms with van der Waals surface area (Å²) >= 11 is 0. The van der Waals surface area contributed by atoms with E-state index in [0.29, 0.717) is 18.1 Å². The number of tetrazole rings is 1. The third-order valence-electron chi connectivity index (χ3n) is 4.69. The van der Waals surface area contributed by atoms with Crippen LogP contribution in [0, 0.1) is 0 Å². The van der Waals surface area contributed by atoms with Gasteiger partial charge in [-0.1, -0.05) is 6.07 Å². The van der Waals surface area contributed by atoms with E-state index in [0.717, 1.165) is 48.5 Å². The summed E-state index contributed by atoms with van der Waals surface area (Å²) in [5.74, 6) is 0.546. The van der Waals surface area contributed by atoms with E-state index in [2.05, 4.69) is 20.4 Å². The lowest BCUT2D eigenvalue weighted by Gasteiger charge is -2.31. The Morgan fingerprint density at radius 1 is 1.07 bits per heavy atom. The number of aromatic nitrogens is 4. The maximum absolute atomic E-state index is 12.8. The summed E-state index contributed by atoms with van der Waals surface area (Å²) in [6.07, 6.45) is -2.50. The smallest absolute Gasteiger partial charge is 0.398 e. The van der Waals surface area contributed by atoms with Crippen molar-refractivity contribution in [2.75, 3.05) is 17.2 Å². The summed E-state index contributed by atoms with van der Waals surface area (Å²) in [6, 6.07) is 10.6. The molecule has 28 heavy (non-hydrogen) atoms. The van der Waals surface area contributed by atoms with Crippen LogP contribution < -0.4 is 10.6 Å². The molecule has 0 aliphatic carbocycles. The molecule has 0 spiro atoms. The normalized spacial score (nSPS) is 13.8. The zero-order valence-electron chi connectivity index (χ0n) is 14.7. The molecule has 0 saturated carbocycles. The molecule has 2 heterocycles. The van der Waals surface area contributed by atoms with Crippen molar-refractivity contribution in [3.63, 3.8) is 0 Å². The topological polar surface area (TPSA) is 72.9 Å². The van der Waals surface area contributed by atoms with Crippen molar-refractivity contribution in [3.8, 4) is 5.69 Å². The predicted octanol–water partition coefficient (Wildman–Crippen LogP) is 3.64. The molecule has 6 nitrogen and oxygen atoms in total. The lowest BCUT2D eigenvalue weighted by Crippen LogP contribution is -2.30. The average molecular weight is 411 g/mol. The van der Waals surface area contributed by atoms with Crippen molar-refractivity contribution in [3.05, 3.63) is 59.4 Å². The van der Waals surface area contributed by atoms with Gasteiger partial charge in [0.25, 0.3) is 0 Å². The molecule has 0 amide bonds. The van der Waals surface area contributed by atoms with Gasteiger partial charge in [0.2, 0.25) is 0 Å². The highest BCUT2D eigenvalue weighted by molar-refractivity contribution is 5.85. The number of benzene rings is 2. The Kier molecular flexibility index (Phi) is 5.46. The summed E-state index contributed by atoms with van der Waals surface area (Å²) in [5.41, 5.74) is 8.77. The first-order valence-corrected chi connectivity index (χ1v) is 8.50. The van der Waals surface area contributed by atoms with Crippen LogP contribution in [-0.2, 0) is 19.1 Å². The van der Waals surface area contributed by atoms with Gasteiger partial charge in [-0.3, -0.25) is 0 Å². The predicted molar refractivity (Wildman–Crippen MR) is 102 cm³/mol. The number of alkyl halides is 3. The van der Waals surface area contributed by atoms with Crippen LogP contribution in [0.4, 0.5) is 24.5 Å². The fraction of sp³-hybridized carbons (Fsp3) is 0.278. The Morgan fingerprint density at radius 2 is 1.82 bits per heavy atom. The summed E-state index contributed by atoms with van der Waals surface area (Å²) in [5, 5.41) is 11.7. The second-order valence-corrected chi connectivity index (χ2v) is 6.42. The Labute approximate surface area is 165 Å². The molecule has 1 aliphatic heterocycles. The molecule has 0 fully saturated rings. The van der Waals surface area contributed by atoms with Gasteiger partial charge in [-0.15, -0.1) is 17.5 Å². The highest BCUT2D eigenvalue weighted by Crippen LogP contribution is 2.32. The van der Waals surface area contributed by atoms with Crippen LogP contribution in [0.2, 0.25) is 0 Å². The molecule has 2 aromatic carbocycles. The maximum Gasteiger partial charge on any atom is 0.416 e. The minimum atomic E-state index is -4.38. The molecule has 0 radical (unpaired) electrons. The summed E-state index contributed by atoms with van der Waals surface area (Å²) < 4.78 is 39.7. The van der Waals surface area contributed by atoms with E-state index < -0.39 is 11.7 Å². The molecule has 1 aliphatic rings. The monoisotopic (exact) mass is 410 g/mol. The van der Waals surface area contributed by atoms with Crippen LogP contribution >= 0.6 is 12.4 Å². The zero-order chi connectivity index (χ0) is 19.0. The average Bonchev–Trinajstić information content (AvgIpc) is 3.10. The Balaban J connectivity index is 0.00000225. The quantitative estimate of drug-likeness (QED) is 0.667. The molecule has 0 unspecified atom stereocenters. The third-order valence-corrected chi connectivity index (χ3v) is 4.69. The number of rotatable bonds is 3. The standard InChI is InChI=1S/C18H17F3N6.ClH/c19-18(20,21)12-6-8-13(9-7-12)27-17(23-24-25-27)11-26-10-2-3-14-15(22)4-1-5-16(14)26;/h1,4-9H,2-3,10-11,22H2;1H. The van der Waals surface area contributed by atoms with Gasteiger partial charge in [0, 0.05) is 17.9 Å². The van der Waals surface area contributed by atoms with Crippen LogP contribution in [0.5, 0.6) is 0 Å². The molecule has 4 rings (SSSR count). The van der Waals surface area contributed by atoms with Gasteiger partial charge in [0.15, 0.2) is 5.82 Å². The van der Waals surface area contributed by atoms with Crippen LogP contribution in [0.15, 0.2) is 42.5 Å². The number of halogens is 4. The molecule has 1 aromatic heterocycles. The lowest BCUT2D eigenvalue weighted by atomic mass is 10.00. The van der Waals surface area contributed by atoms with Crippen molar-refractivity contribution in [2.24, 2.45) is 0 Å². The van der Waals surface area contributed by atoms with Crippen molar-refractivity contribution >= 4 is 23.8 Å². The maximum atomic E-state index is 12.8. The molecule has 3 aromatic rings. The molecule has 0 bridgehead atoms. The van der Waals surface area contributed by atoms with Crippen molar-refractivity contribution in [1.29, 1.82) is 0 Å². The van der Waals surface area contributed by atoms with Gasteiger partial charge >= 0.3 is 6.18 Å². The Bertz CT molecular complexity index is 955. The summed E-state index contributed by atoms with van der Waals surface area (Å²) in [4.78, 5) is 2.14. The molecular formula is C18H18ClF3N6. The SMILES string of the molecule is Cl.Nc1cccc2c1CCCN2Cc1nnnn1-c1ccc(C(F)(F)F)cc1. The number of hydrogen-bond acceptors (Lipinski definition) is 5. The first-order valence-electron chi connectivity index (χ1n) is 8.50.